The maximum atomic E-state index is 13.9. The summed E-state index contributed by atoms with van der Waals surface area (Å²) in [6, 6.07) is 10.0. The largest absolute Gasteiger partial charge is 0.323 e. The van der Waals surface area contributed by atoms with Crippen LogP contribution in [-0.4, -0.2) is 31.4 Å². The molecule has 2 aromatic carbocycles. The van der Waals surface area contributed by atoms with Crippen LogP contribution in [0.3, 0.4) is 0 Å². The van der Waals surface area contributed by atoms with Crippen molar-refractivity contribution in [3.63, 3.8) is 0 Å². The van der Waals surface area contributed by atoms with Crippen LogP contribution in [0.1, 0.15) is 18.1 Å². The van der Waals surface area contributed by atoms with Crippen molar-refractivity contribution in [3.05, 3.63) is 58.4 Å². The van der Waals surface area contributed by atoms with E-state index in [4.69, 9.17) is 11.6 Å². The predicted molar refractivity (Wildman–Crippen MR) is 104 cm³/mol. The van der Waals surface area contributed by atoms with E-state index in [1.54, 1.807) is 11.6 Å². The smallest absolute Gasteiger partial charge is 0.237 e. The first kappa shape index (κ1) is 19.3. The van der Waals surface area contributed by atoms with Crippen molar-refractivity contribution < 1.29 is 9.18 Å². The number of thioether (sulfide) groups is 1. The fraction of sp³-hybridized carbons (Fsp3) is 0.222. The van der Waals surface area contributed by atoms with Gasteiger partial charge in [-0.05, 0) is 61.0 Å². The number of hydrogen-bond donors (Lipinski definition) is 1. The number of aryl methyl sites for hydroxylation is 2. The Kier molecular flexibility index (Phi) is 5.76. The van der Waals surface area contributed by atoms with Crippen molar-refractivity contribution in [3.8, 4) is 5.69 Å². The van der Waals surface area contributed by atoms with Gasteiger partial charge in [0.15, 0.2) is 0 Å². The average molecular weight is 406 g/mol. The summed E-state index contributed by atoms with van der Waals surface area (Å²) in [6.45, 7) is 5.68. The van der Waals surface area contributed by atoms with Crippen LogP contribution in [0.25, 0.3) is 5.69 Å². The van der Waals surface area contributed by atoms with Gasteiger partial charge in [0.1, 0.15) is 5.82 Å². The van der Waals surface area contributed by atoms with Gasteiger partial charge in [-0.15, -0.1) is 5.10 Å². The Morgan fingerprint density at radius 2 is 2.04 bits per heavy atom. The molecule has 3 rings (SSSR count). The second-order valence-corrected chi connectivity index (χ2v) is 7.78. The Morgan fingerprint density at radius 3 is 2.74 bits per heavy atom. The van der Waals surface area contributed by atoms with Crippen molar-refractivity contribution in [2.24, 2.45) is 0 Å². The standard InChI is InChI=1S/C18H17ClFN5OS/c1-10-4-7-16(11(2)8-10)25-18(22-23-24-25)27-12(3)17(26)21-15-6-5-13(19)9-14(15)20/h4-9,12H,1-3H3,(H,21,26). The minimum absolute atomic E-state index is 0.0748. The number of anilines is 1. The molecular formula is C18H17ClFN5OS. The summed E-state index contributed by atoms with van der Waals surface area (Å²) in [5.41, 5.74) is 3.07. The van der Waals surface area contributed by atoms with Gasteiger partial charge in [0.05, 0.1) is 16.6 Å². The van der Waals surface area contributed by atoms with E-state index < -0.39 is 11.1 Å². The van der Waals surface area contributed by atoms with Crippen LogP contribution in [0.4, 0.5) is 10.1 Å². The highest BCUT2D eigenvalue weighted by atomic mass is 35.5. The highest BCUT2D eigenvalue weighted by Gasteiger charge is 2.21. The van der Waals surface area contributed by atoms with E-state index in [-0.39, 0.29) is 16.6 Å². The Morgan fingerprint density at radius 1 is 1.26 bits per heavy atom. The number of aromatic nitrogens is 4. The number of carbonyl (C=O) groups is 1. The monoisotopic (exact) mass is 405 g/mol. The molecule has 1 amide bonds. The summed E-state index contributed by atoms with van der Waals surface area (Å²) in [7, 11) is 0. The molecule has 0 bridgehead atoms. The molecule has 0 saturated carbocycles. The van der Waals surface area contributed by atoms with Gasteiger partial charge in [0.25, 0.3) is 0 Å². The van der Waals surface area contributed by atoms with Crippen LogP contribution in [0.2, 0.25) is 5.02 Å². The lowest BCUT2D eigenvalue weighted by Crippen LogP contribution is -2.23. The molecule has 3 aromatic rings. The number of halogens is 2. The first-order valence-corrected chi connectivity index (χ1v) is 9.39. The highest BCUT2D eigenvalue weighted by molar-refractivity contribution is 8.00. The normalized spacial score (nSPS) is 12.0. The Labute approximate surface area is 165 Å². The highest BCUT2D eigenvalue weighted by Crippen LogP contribution is 2.26. The van der Waals surface area contributed by atoms with E-state index in [0.29, 0.717) is 5.16 Å². The zero-order valence-electron chi connectivity index (χ0n) is 14.9. The zero-order valence-corrected chi connectivity index (χ0v) is 16.5. The molecular weight excluding hydrogens is 389 g/mol. The van der Waals surface area contributed by atoms with Crippen LogP contribution in [-0.2, 0) is 4.79 Å². The van der Waals surface area contributed by atoms with Crippen LogP contribution >= 0.6 is 23.4 Å². The minimum Gasteiger partial charge on any atom is -0.323 e. The molecule has 1 unspecified atom stereocenters. The Balaban J connectivity index is 1.76. The topological polar surface area (TPSA) is 72.7 Å². The Bertz CT molecular complexity index is 994. The third-order valence-electron chi connectivity index (χ3n) is 3.86. The molecule has 0 saturated heterocycles. The van der Waals surface area contributed by atoms with Crippen LogP contribution in [0.15, 0.2) is 41.6 Å². The molecule has 27 heavy (non-hydrogen) atoms. The van der Waals surface area contributed by atoms with Gasteiger partial charge in [0, 0.05) is 5.02 Å². The van der Waals surface area contributed by atoms with Gasteiger partial charge < -0.3 is 5.32 Å². The van der Waals surface area contributed by atoms with Crippen molar-refractivity contribution >= 4 is 35.0 Å². The SMILES string of the molecule is Cc1ccc(-n2nnnc2SC(C)C(=O)Nc2ccc(Cl)cc2F)c(C)c1. The maximum Gasteiger partial charge on any atom is 0.237 e. The first-order valence-electron chi connectivity index (χ1n) is 8.13. The van der Waals surface area contributed by atoms with Gasteiger partial charge in [-0.25, -0.2) is 4.39 Å². The number of benzene rings is 2. The molecule has 1 heterocycles. The van der Waals surface area contributed by atoms with Crippen LogP contribution in [0, 0.1) is 19.7 Å². The number of nitrogens with one attached hydrogen (secondary N) is 1. The Hall–Kier alpha value is -2.45. The molecule has 0 spiro atoms. The molecule has 140 valence electrons. The van der Waals surface area contributed by atoms with E-state index in [0.717, 1.165) is 22.9 Å². The average Bonchev–Trinajstić information content (AvgIpc) is 3.05. The lowest BCUT2D eigenvalue weighted by molar-refractivity contribution is -0.115. The summed E-state index contributed by atoms with van der Waals surface area (Å²) in [5, 5.41) is 14.5. The van der Waals surface area contributed by atoms with E-state index in [9.17, 15) is 9.18 Å². The lowest BCUT2D eigenvalue weighted by atomic mass is 10.1. The summed E-state index contributed by atoms with van der Waals surface area (Å²) in [5.74, 6) is -0.954. The number of hydrogen-bond acceptors (Lipinski definition) is 5. The van der Waals surface area contributed by atoms with Crippen molar-refractivity contribution in [2.75, 3.05) is 5.32 Å². The van der Waals surface area contributed by atoms with E-state index in [1.807, 2.05) is 32.0 Å². The molecule has 0 aliphatic rings. The zero-order chi connectivity index (χ0) is 19.6. The second-order valence-electron chi connectivity index (χ2n) is 6.04. The molecule has 0 radical (unpaired) electrons. The van der Waals surface area contributed by atoms with Gasteiger partial charge in [-0.3, -0.25) is 4.79 Å². The van der Waals surface area contributed by atoms with Gasteiger partial charge in [-0.1, -0.05) is 41.1 Å². The number of carbonyl (C=O) groups excluding carboxylic acids is 1. The number of nitrogens with zero attached hydrogens (tertiary/aromatic N) is 4. The first-order chi connectivity index (χ1) is 12.8. The van der Waals surface area contributed by atoms with Gasteiger partial charge in [-0.2, -0.15) is 4.68 Å². The van der Waals surface area contributed by atoms with E-state index >= 15 is 0 Å². The second kappa shape index (κ2) is 8.06. The van der Waals surface area contributed by atoms with E-state index in [1.165, 1.54) is 23.9 Å². The van der Waals surface area contributed by atoms with Crippen molar-refractivity contribution in [2.45, 2.75) is 31.2 Å². The van der Waals surface area contributed by atoms with Crippen molar-refractivity contribution in [1.82, 2.24) is 20.2 Å². The van der Waals surface area contributed by atoms with E-state index in [2.05, 4.69) is 20.8 Å². The van der Waals surface area contributed by atoms with Gasteiger partial charge in [0.2, 0.25) is 11.1 Å². The summed E-state index contributed by atoms with van der Waals surface area (Å²) in [6.07, 6.45) is 0. The number of amides is 1. The van der Waals surface area contributed by atoms with Crippen molar-refractivity contribution in [1.29, 1.82) is 0 Å². The number of tetrazole rings is 1. The van der Waals surface area contributed by atoms with Crippen LogP contribution < -0.4 is 5.32 Å². The summed E-state index contributed by atoms with van der Waals surface area (Å²) < 4.78 is 15.5. The van der Waals surface area contributed by atoms with Crippen LogP contribution in [0.5, 0.6) is 0 Å². The third kappa shape index (κ3) is 4.45. The maximum absolute atomic E-state index is 13.9. The molecule has 6 nitrogen and oxygen atoms in total. The summed E-state index contributed by atoms with van der Waals surface area (Å²) in [4.78, 5) is 12.4. The molecule has 1 atom stereocenters. The molecule has 1 aromatic heterocycles. The fourth-order valence-electron chi connectivity index (χ4n) is 2.48. The molecule has 9 heteroatoms. The fourth-order valence-corrected chi connectivity index (χ4v) is 3.44. The lowest BCUT2D eigenvalue weighted by Gasteiger charge is -2.13. The number of rotatable bonds is 5. The molecule has 0 aliphatic heterocycles. The molecule has 1 N–H and O–H groups in total. The third-order valence-corrected chi connectivity index (χ3v) is 5.13. The minimum atomic E-state index is -0.590. The van der Waals surface area contributed by atoms with Gasteiger partial charge >= 0.3 is 0 Å². The quantitative estimate of drug-likeness (QED) is 0.644. The predicted octanol–water partition coefficient (Wildman–Crippen LogP) is 4.19. The molecule has 0 fully saturated rings. The summed E-state index contributed by atoms with van der Waals surface area (Å²) >= 11 is 6.91. The molecule has 0 aliphatic carbocycles.